The lowest BCUT2D eigenvalue weighted by atomic mass is 9.77. The van der Waals surface area contributed by atoms with E-state index in [0.29, 0.717) is 5.91 Å². The number of carbonyl (C=O) groups excluding carboxylic acids is 1. The van der Waals surface area contributed by atoms with E-state index in [9.17, 15) is 4.79 Å². The zero-order valence-corrected chi connectivity index (χ0v) is 16.5. The first-order valence-electron chi connectivity index (χ1n) is 10.5. The van der Waals surface area contributed by atoms with Crippen molar-refractivity contribution in [1.29, 1.82) is 0 Å². The molecule has 4 heteroatoms. The van der Waals surface area contributed by atoms with Crippen molar-refractivity contribution in [3.63, 3.8) is 0 Å². The Morgan fingerprint density at radius 3 is 2.81 bits per heavy atom. The molecular formula is C23H32N2O2. The van der Waals surface area contributed by atoms with Gasteiger partial charge in [0.2, 0.25) is 5.91 Å². The summed E-state index contributed by atoms with van der Waals surface area (Å²) in [5.74, 6) is 2.11. The van der Waals surface area contributed by atoms with E-state index in [-0.39, 0.29) is 5.41 Å². The number of methoxy groups -OCH3 is 1. The van der Waals surface area contributed by atoms with E-state index in [2.05, 4.69) is 28.0 Å². The van der Waals surface area contributed by atoms with Gasteiger partial charge in [-0.1, -0.05) is 36.8 Å². The van der Waals surface area contributed by atoms with Crippen molar-refractivity contribution in [2.75, 3.05) is 39.8 Å². The topological polar surface area (TPSA) is 32.8 Å². The van der Waals surface area contributed by atoms with Gasteiger partial charge in [0.05, 0.1) is 12.5 Å². The molecule has 1 aliphatic carbocycles. The van der Waals surface area contributed by atoms with Crippen LogP contribution in [0.4, 0.5) is 0 Å². The number of rotatable bonds is 6. The maximum absolute atomic E-state index is 13.2. The van der Waals surface area contributed by atoms with Gasteiger partial charge < -0.3 is 9.64 Å². The van der Waals surface area contributed by atoms with E-state index in [1.807, 2.05) is 18.2 Å². The standard InChI is InChI=1S/C23H32N2O2/c1-27-21-11-3-2-9-20(21)10-5-14-24-16-13-23(18-24)12-6-15-25(22(23)26)17-19-7-4-8-19/h2-3,5,9-11,19H,4,6-8,12-18H2,1H3/b10-5+. The Labute approximate surface area is 163 Å². The Kier molecular flexibility index (Phi) is 5.53. The summed E-state index contributed by atoms with van der Waals surface area (Å²) in [6, 6.07) is 8.08. The van der Waals surface area contributed by atoms with Crippen LogP contribution in [0.5, 0.6) is 5.75 Å². The minimum atomic E-state index is -0.111. The number of nitrogens with zero attached hydrogens (tertiary/aromatic N) is 2. The molecule has 146 valence electrons. The van der Waals surface area contributed by atoms with E-state index in [4.69, 9.17) is 4.74 Å². The van der Waals surface area contributed by atoms with Gasteiger partial charge in [0, 0.05) is 31.7 Å². The SMILES string of the molecule is COc1ccccc1/C=C/CN1CCC2(CCCN(CC3CCC3)C2=O)C1. The molecule has 1 atom stereocenters. The van der Waals surface area contributed by atoms with Crippen molar-refractivity contribution in [3.05, 3.63) is 35.9 Å². The van der Waals surface area contributed by atoms with E-state index in [0.717, 1.165) is 62.8 Å². The van der Waals surface area contributed by atoms with Crippen LogP contribution in [0, 0.1) is 11.3 Å². The molecule has 1 spiro atoms. The predicted octanol–water partition coefficient (Wildman–Crippen LogP) is 3.82. The lowest BCUT2D eigenvalue weighted by molar-refractivity contribution is -0.146. The second kappa shape index (κ2) is 8.05. The zero-order chi connectivity index (χ0) is 18.7. The molecule has 2 saturated heterocycles. The van der Waals surface area contributed by atoms with Crippen molar-refractivity contribution in [2.45, 2.75) is 38.5 Å². The van der Waals surface area contributed by atoms with Crippen LogP contribution in [0.3, 0.4) is 0 Å². The Morgan fingerprint density at radius 1 is 1.19 bits per heavy atom. The van der Waals surface area contributed by atoms with Crippen LogP contribution in [0.15, 0.2) is 30.3 Å². The third kappa shape index (κ3) is 3.91. The monoisotopic (exact) mass is 368 g/mol. The number of para-hydroxylation sites is 1. The van der Waals surface area contributed by atoms with Gasteiger partial charge in [-0.3, -0.25) is 9.69 Å². The molecule has 4 rings (SSSR count). The predicted molar refractivity (Wildman–Crippen MR) is 109 cm³/mol. The van der Waals surface area contributed by atoms with Crippen molar-refractivity contribution in [3.8, 4) is 5.75 Å². The maximum Gasteiger partial charge on any atom is 0.230 e. The van der Waals surface area contributed by atoms with Crippen molar-refractivity contribution in [2.24, 2.45) is 11.3 Å². The molecule has 1 unspecified atom stereocenters. The van der Waals surface area contributed by atoms with Gasteiger partial charge in [0.15, 0.2) is 0 Å². The first kappa shape index (κ1) is 18.5. The summed E-state index contributed by atoms with van der Waals surface area (Å²) in [6.45, 7) is 4.83. The van der Waals surface area contributed by atoms with Crippen molar-refractivity contribution < 1.29 is 9.53 Å². The minimum Gasteiger partial charge on any atom is -0.496 e. The van der Waals surface area contributed by atoms with E-state index < -0.39 is 0 Å². The van der Waals surface area contributed by atoms with Gasteiger partial charge in [-0.25, -0.2) is 0 Å². The number of carbonyl (C=O) groups is 1. The second-order valence-electron chi connectivity index (χ2n) is 8.56. The highest BCUT2D eigenvalue weighted by Crippen LogP contribution is 2.41. The van der Waals surface area contributed by atoms with Crippen molar-refractivity contribution >= 4 is 12.0 Å². The Hall–Kier alpha value is -1.81. The molecule has 27 heavy (non-hydrogen) atoms. The number of ether oxygens (including phenoxy) is 1. The van der Waals surface area contributed by atoms with Gasteiger partial charge in [-0.15, -0.1) is 0 Å². The minimum absolute atomic E-state index is 0.111. The average Bonchev–Trinajstić information content (AvgIpc) is 3.06. The smallest absolute Gasteiger partial charge is 0.230 e. The van der Waals surface area contributed by atoms with E-state index in [1.54, 1.807) is 7.11 Å². The fourth-order valence-electron chi connectivity index (χ4n) is 4.94. The zero-order valence-electron chi connectivity index (χ0n) is 16.5. The summed E-state index contributed by atoms with van der Waals surface area (Å²) in [6.07, 6.45) is 11.6. The summed E-state index contributed by atoms with van der Waals surface area (Å²) in [7, 11) is 1.71. The molecule has 0 N–H and O–H groups in total. The molecule has 0 bridgehead atoms. The number of amides is 1. The number of hydrogen-bond acceptors (Lipinski definition) is 3. The van der Waals surface area contributed by atoms with Gasteiger partial charge >= 0.3 is 0 Å². The van der Waals surface area contributed by atoms with Crippen LogP contribution in [0.2, 0.25) is 0 Å². The number of hydrogen-bond donors (Lipinski definition) is 0. The fraction of sp³-hybridized carbons (Fsp3) is 0.609. The third-order valence-electron chi connectivity index (χ3n) is 6.76. The molecule has 3 aliphatic rings. The third-order valence-corrected chi connectivity index (χ3v) is 6.76. The van der Waals surface area contributed by atoms with Gasteiger partial charge in [-0.2, -0.15) is 0 Å². The Bertz CT molecular complexity index is 697. The number of likely N-dealkylation sites (tertiary alicyclic amines) is 2. The first-order chi connectivity index (χ1) is 13.2. The molecule has 1 amide bonds. The van der Waals surface area contributed by atoms with Gasteiger partial charge in [-0.05, 0) is 50.6 Å². The first-order valence-corrected chi connectivity index (χ1v) is 10.5. The molecule has 3 fully saturated rings. The highest BCUT2D eigenvalue weighted by atomic mass is 16.5. The normalized spacial score (nSPS) is 26.9. The van der Waals surface area contributed by atoms with Crippen LogP contribution in [0.1, 0.15) is 44.1 Å². The summed E-state index contributed by atoms with van der Waals surface area (Å²) in [5, 5.41) is 0. The summed E-state index contributed by atoms with van der Waals surface area (Å²) < 4.78 is 5.41. The highest BCUT2D eigenvalue weighted by molar-refractivity contribution is 5.84. The van der Waals surface area contributed by atoms with Crippen LogP contribution < -0.4 is 4.74 Å². The number of piperidine rings is 1. The number of benzene rings is 1. The van der Waals surface area contributed by atoms with Gasteiger partial charge in [0.25, 0.3) is 0 Å². The second-order valence-corrected chi connectivity index (χ2v) is 8.56. The van der Waals surface area contributed by atoms with Crippen LogP contribution in [-0.4, -0.2) is 55.5 Å². The highest BCUT2D eigenvalue weighted by Gasteiger charge is 2.48. The summed E-state index contributed by atoms with van der Waals surface area (Å²) in [4.78, 5) is 17.9. The average molecular weight is 369 g/mol. The molecular weight excluding hydrogens is 336 g/mol. The molecule has 0 aromatic heterocycles. The summed E-state index contributed by atoms with van der Waals surface area (Å²) in [5.41, 5.74) is 0.995. The maximum atomic E-state index is 13.2. The van der Waals surface area contributed by atoms with Crippen LogP contribution in [0.25, 0.3) is 6.08 Å². The Balaban J connectivity index is 1.34. The molecule has 1 aromatic rings. The van der Waals surface area contributed by atoms with Gasteiger partial charge in [0.1, 0.15) is 5.75 Å². The lowest BCUT2D eigenvalue weighted by Gasteiger charge is -2.42. The quantitative estimate of drug-likeness (QED) is 0.765. The fourth-order valence-corrected chi connectivity index (χ4v) is 4.94. The van der Waals surface area contributed by atoms with E-state index >= 15 is 0 Å². The van der Waals surface area contributed by atoms with E-state index in [1.165, 1.54) is 25.7 Å². The molecule has 1 aromatic carbocycles. The Morgan fingerprint density at radius 2 is 2.04 bits per heavy atom. The molecule has 2 heterocycles. The summed E-state index contributed by atoms with van der Waals surface area (Å²) >= 11 is 0. The molecule has 1 saturated carbocycles. The van der Waals surface area contributed by atoms with Crippen LogP contribution in [-0.2, 0) is 4.79 Å². The van der Waals surface area contributed by atoms with Crippen LogP contribution >= 0.6 is 0 Å². The largest absolute Gasteiger partial charge is 0.496 e. The molecule has 2 aliphatic heterocycles. The van der Waals surface area contributed by atoms with Crippen molar-refractivity contribution in [1.82, 2.24) is 9.80 Å². The molecule has 0 radical (unpaired) electrons. The molecule has 4 nitrogen and oxygen atoms in total. The lowest BCUT2D eigenvalue weighted by Crippen LogP contribution is -2.51.